The van der Waals surface area contributed by atoms with Crippen molar-refractivity contribution in [1.29, 1.82) is 0 Å². The summed E-state index contributed by atoms with van der Waals surface area (Å²) in [5, 5.41) is 5.60. The van der Waals surface area contributed by atoms with E-state index in [-0.39, 0.29) is 20.8 Å². The first-order valence-corrected chi connectivity index (χ1v) is 9.81. The zero-order valence-corrected chi connectivity index (χ0v) is 17.8. The SMILES string of the molecule is CC(NC(=O)c1cccc(Cl)c1Cl)C(=O)Nc1ccc(SC(=O)N(C)C)cc1. The highest BCUT2D eigenvalue weighted by Gasteiger charge is 2.19. The van der Waals surface area contributed by atoms with Gasteiger partial charge in [-0.15, -0.1) is 0 Å². The van der Waals surface area contributed by atoms with Gasteiger partial charge in [0.1, 0.15) is 6.04 Å². The van der Waals surface area contributed by atoms with Gasteiger partial charge in [-0.05, 0) is 55.1 Å². The lowest BCUT2D eigenvalue weighted by molar-refractivity contribution is -0.117. The first-order valence-electron chi connectivity index (χ1n) is 8.24. The fraction of sp³-hybridized carbons (Fsp3) is 0.211. The Hall–Kier alpha value is -2.22. The van der Waals surface area contributed by atoms with Gasteiger partial charge in [-0.2, -0.15) is 0 Å². The molecule has 0 aliphatic carbocycles. The molecule has 0 heterocycles. The molecule has 0 aromatic heterocycles. The lowest BCUT2D eigenvalue weighted by atomic mass is 10.2. The highest BCUT2D eigenvalue weighted by Crippen LogP contribution is 2.25. The number of carbonyl (C=O) groups excluding carboxylic acids is 3. The fourth-order valence-corrected chi connectivity index (χ4v) is 3.11. The molecule has 148 valence electrons. The van der Waals surface area contributed by atoms with Crippen molar-refractivity contribution >= 4 is 57.7 Å². The first kappa shape index (κ1) is 22.1. The highest BCUT2D eigenvalue weighted by molar-refractivity contribution is 8.13. The van der Waals surface area contributed by atoms with E-state index in [4.69, 9.17) is 23.2 Å². The predicted octanol–water partition coefficient (Wildman–Crippen LogP) is 4.52. The summed E-state index contributed by atoms with van der Waals surface area (Å²) in [5.74, 6) is -0.889. The van der Waals surface area contributed by atoms with Gasteiger partial charge >= 0.3 is 0 Å². The number of carbonyl (C=O) groups is 3. The highest BCUT2D eigenvalue weighted by atomic mass is 35.5. The van der Waals surface area contributed by atoms with Gasteiger partial charge in [-0.25, -0.2) is 0 Å². The second-order valence-electron chi connectivity index (χ2n) is 6.07. The molecule has 0 spiro atoms. The van der Waals surface area contributed by atoms with Crippen LogP contribution in [0.15, 0.2) is 47.4 Å². The Balaban J connectivity index is 1.95. The molecule has 0 aliphatic heterocycles. The van der Waals surface area contributed by atoms with Crippen molar-refractivity contribution in [3.8, 4) is 0 Å². The van der Waals surface area contributed by atoms with E-state index in [1.165, 1.54) is 11.0 Å². The topological polar surface area (TPSA) is 78.5 Å². The van der Waals surface area contributed by atoms with Crippen LogP contribution in [-0.4, -0.2) is 42.1 Å². The summed E-state index contributed by atoms with van der Waals surface area (Å²) in [4.78, 5) is 38.6. The molecule has 0 radical (unpaired) electrons. The molecule has 2 N–H and O–H groups in total. The molecule has 9 heteroatoms. The molecular weight excluding hydrogens is 421 g/mol. The summed E-state index contributed by atoms with van der Waals surface area (Å²) in [7, 11) is 3.35. The van der Waals surface area contributed by atoms with Crippen LogP contribution < -0.4 is 10.6 Å². The predicted molar refractivity (Wildman–Crippen MR) is 113 cm³/mol. The van der Waals surface area contributed by atoms with Crippen LogP contribution in [0.4, 0.5) is 10.5 Å². The summed E-state index contributed by atoms with van der Waals surface area (Å²) >= 11 is 13.0. The Bertz CT molecular complexity index is 888. The molecule has 0 saturated heterocycles. The smallest absolute Gasteiger partial charge is 0.285 e. The van der Waals surface area contributed by atoms with E-state index in [9.17, 15) is 14.4 Å². The van der Waals surface area contributed by atoms with Crippen molar-refractivity contribution in [1.82, 2.24) is 10.2 Å². The molecule has 0 saturated carbocycles. The Morgan fingerprint density at radius 2 is 1.68 bits per heavy atom. The maximum atomic E-state index is 12.3. The molecule has 3 amide bonds. The quantitative estimate of drug-likeness (QED) is 0.670. The minimum absolute atomic E-state index is 0.0900. The summed E-state index contributed by atoms with van der Waals surface area (Å²) in [6.45, 7) is 1.56. The van der Waals surface area contributed by atoms with Gasteiger partial charge in [0, 0.05) is 24.7 Å². The van der Waals surface area contributed by atoms with Crippen molar-refractivity contribution in [2.24, 2.45) is 0 Å². The van der Waals surface area contributed by atoms with Gasteiger partial charge in [-0.1, -0.05) is 29.3 Å². The Morgan fingerprint density at radius 3 is 2.29 bits per heavy atom. The van der Waals surface area contributed by atoms with Gasteiger partial charge in [-0.3, -0.25) is 14.4 Å². The largest absolute Gasteiger partial charge is 0.340 e. The molecule has 0 bridgehead atoms. The van der Waals surface area contributed by atoms with Crippen molar-refractivity contribution < 1.29 is 14.4 Å². The fourth-order valence-electron chi connectivity index (χ4n) is 2.07. The molecule has 1 atom stereocenters. The normalized spacial score (nSPS) is 11.5. The van der Waals surface area contributed by atoms with Gasteiger partial charge in [0.15, 0.2) is 0 Å². The summed E-state index contributed by atoms with van der Waals surface area (Å²) in [5.41, 5.74) is 0.745. The minimum Gasteiger partial charge on any atom is -0.340 e. The zero-order chi connectivity index (χ0) is 20.8. The monoisotopic (exact) mass is 439 g/mol. The van der Waals surface area contributed by atoms with Crippen LogP contribution in [-0.2, 0) is 4.79 Å². The summed E-state index contributed by atoms with van der Waals surface area (Å²) in [6.07, 6.45) is 0. The Morgan fingerprint density at radius 1 is 1.04 bits per heavy atom. The number of hydrogen-bond acceptors (Lipinski definition) is 4. The van der Waals surface area contributed by atoms with Crippen LogP contribution in [0.2, 0.25) is 10.0 Å². The second-order valence-corrected chi connectivity index (χ2v) is 7.88. The number of nitrogens with one attached hydrogen (secondary N) is 2. The van der Waals surface area contributed by atoms with Crippen LogP contribution >= 0.6 is 35.0 Å². The number of halogens is 2. The molecule has 0 fully saturated rings. The molecule has 1 unspecified atom stereocenters. The third kappa shape index (κ3) is 5.89. The third-order valence-electron chi connectivity index (χ3n) is 3.63. The number of hydrogen-bond donors (Lipinski definition) is 2. The molecule has 2 aromatic rings. The number of rotatable bonds is 5. The van der Waals surface area contributed by atoms with Crippen LogP contribution in [0.5, 0.6) is 0 Å². The maximum absolute atomic E-state index is 12.3. The number of benzene rings is 2. The van der Waals surface area contributed by atoms with Crippen molar-refractivity contribution in [2.75, 3.05) is 19.4 Å². The number of nitrogens with zero attached hydrogens (tertiary/aromatic N) is 1. The van der Waals surface area contributed by atoms with Gasteiger partial charge in [0.25, 0.3) is 11.1 Å². The standard InChI is InChI=1S/C19H19Cl2N3O3S/c1-11(22-18(26)14-5-4-6-15(20)16(14)21)17(25)23-12-7-9-13(10-8-12)28-19(27)24(2)3/h4-11H,1-3H3,(H,22,26)(H,23,25). The number of amides is 3. The van der Waals surface area contributed by atoms with Crippen molar-refractivity contribution in [3.63, 3.8) is 0 Å². The maximum Gasteiger partial charge on any atom is 0.285 e. The van der Waals surface area contributed by atoms with E-state index in [0.29, 0.717) is 5.69 Å². The minimum atomic E-state index is -0.799. The van der Waals surface area contributed by atoms with E-state index in [1.54, 1.807) is 57.4 Å². The molecule has 28 heavy (non-hydrogen) atoms. The Labute approximate surface area is 177 Å². The zero-order valence-electron chi connectivity index (χ0n) is 15.5. The molecule has 6 nitrogen and oxygen atoms in total. The van der Waals surface area contributed by atoms with Gasteiger partial charge < -0.3 is 15.5 Å². The molecule has 0 aliphatic rings. The van der Waals surface area contributed by atoms with Crippen LogP contribution in [0.25, 0.3) is 0 Å². The average Bonchev–Trinajstić information content (AvgIpc) is 2.65. The number of anilines is 1. The van der Waals surface area contributed by atoms with Crippen molar-refractivity contribution in [3.05, 3.63) is 58.1 Å². The lowest BCUT2D eigenvalue weighted by Gasteiger charge is -2.15. The second kappa shape index (κ2) is 9.82. The lowest BCUT2D eigenvalue weighted by Crippen LogP contribution is -2.41. The third-order valence-corrected chi connectivity index (χ3v) is 5.50. The van der Waals surface area contributed by atoms with Gasteiger partial charge in [0.2, 0.25) is 5.91 Å². The van der Waals surface area contributed by atoms with E-state index in [2.05, 4.69) is 10.6 Å². The molecule has 2 aromatic carbocycles. The van der Waals surface area contributed by atoms with E-state index >= 15 is 0 Å². The number of thioether (sulfide) groups is 1. The van der Waals surface area contributed by atoms with Crippen molar-refractivity contribution in [2.45, 2.75) is 17.9 Å². The molecular formula is C19H19Cl2N3O3S. The van der Waals surface area contributed by atoms with E-state index in [0.717, 1.165) is 16.7 Å². The van der Waals surface area contributed by atoms with Crippen LogP contribution in [0.3, 0.4) is 0 Å². The van der Waals surface area contributed by atoms with Crippen LogP contribution in [0, 0.1) is 0 Å². The van der Waals surface area contributed by atoms with E-state index < -0.39 is 17.9 Å². The summed E-state index contributed by atoms with van der Waals surface area (Å²) < 4.78 is 0. The van der Waals surface area contributed by atoms with Crippen LogP contribution in [0.1, 0.15) is 17.3 Å². The summed E-state index contributed by atoms with van der Waals surface area (Å²) in [6, 6.07) is 10.7. The van der Waals surface area contributed by atoms with Gasteiger partial charge in [0.05, 0.1) is 15.6 Å². The van der Waals surface area contributed by atoms with E-state index in [1.807, 2.05) is 0 Å². The Kier molecular flexibility index (Phi) is 7.74. The molecule has 2 rings (SSSR count). The average molecular weight is 440 g/mol. The first-order chi connectivity index (χ1) is 13.2.